The third-order valence-corrected chi connectivity index (χ3v) is 4.71. The first-order valence-corrected chi connectivity index (χ1v) is 8.23. The lowest BCUT2D eigenvalue weighted by Crippen LogP contribution is -2.37. The first kappa shape index (κ1) is 14.8. The van der Waals surface area contributed by atoms with Crippen molar-refractivity contribution < 1.29 is 9.21 Å². The lowest BCUT2D eigenvalue weighted by Gasteiger charge is -2.31. The van der Waals surface area contributed by atoms with Crippen molar-refractivity contribution in [3.8, 4) is 11.1 Å². The second-order valence-corrected chi connectivity index (χ2v) is 6.14. The summed E-state index contributed by atoms with van der Waals surface area (Å²) in [5, 5.41) is 7.43. The number of nitrogens with one attached hydrogen (secondary N) is 1. The van der Waals surface area contributed by atoms with Crippen LogP contribution in [0.15, 0.2) is 59.5 Å². The van der Waals surface area contributed by atoms with Crippen LogP contribution in [0.5, 0.6) is 0 Å². The molecule has 1 saturated heterocycles. The van der Waals surface area contributed by atoms with Gasteiger partial charge in [0.2, 0.25) is 0 Å². The summed E-state index contributed by atoms with van der Waals surface area (Å²) in [6.07, 6.45) is 6.82. The fourth-order valence-electron chi connectivity index (χ4n) is 3.40. The molecule has 1 amide bonds. The summed E-state index contributed by atoms with van der Waals surface area (Å²) in [5.74, 6) is 0.450. The number of H-pyrrole nitrogens is 1. The van der Waals surface area contributed by atoms with Gasteiger partial charge in [-0.1, -0.05) is 30.3 Å². The maximum Gasteiger partial charge on any atom is 0.257 e. The molecule has 0 bridgehead atoms. The van der Waals surface area contributed by atoms with E-state index >= 15 is 0 Å². The van der Waals surface area contributed by atoms with Gasteiger partial charge in [-0.25, -0.2) is 0 Å². The van der Waals surface area contributed by atoms with Crippen LogP contribution in [0.2, 0.25) is 0 Å². The summed E-state index contributed by atoms with van der Waals surface area (Å²) in [6, 6.07) is 12.0. The molecule has 3 heterocycles. The summed E-state index contributed by atoms with van der Waals surface area (Å²) >= 11 is 0. The molecule has 0 aliphatic carbocycles. The zero-order valence-electron chi connectivity index (χ0n) is 13.3. The Hall–Kier alpha value is -2.82. The summed E-state index contributed by atoms with van der Waals surface area (Å²) < 4.78 is 5.01. The first-order chi connectivity index (χ1) is 11.8. The number of amides is 1. The van der Waals surface area contributed by atoms with Crippen LogP contribution in [0.25, 0.3) is 11.1 Å². The minimum absolute atomic E-state index is 0.0510. The average molecular weight is 321 g/mol. The largest absolute Gasteiger partial charge is 0.472 e. The van der Waals surface area contributed by atoms with Gasteiger partial charge in [0.1, 0.15) is 6.26 Å². The van der Waals surface area contributed by atoms with Crippen molar-refractivity contribution in [1.82, 2.24) is 15.1 Å². The lowest BCUT2D eigenvalue weighted by atomic mass is 9.89. The average Bonchev–Trinajstić information content (AvgIpc) is 3.34. The van der Waals surface area contributed by atoms with E-state index in [-0.39, 0.29) is 5.91 Å². The zero-order valence-corrected chi connectivity index (χ0v) is 13.3. The van der Waals surface area contributed by atoms with E-state index in [2.05, 4.69) is 22.3 Å². The second kappa shape index (κ2) is 6.35. The Morgan fingerprint density at radius 1 is 1.17 bits per heavy atom. The quantitative estimate of drug-likeness (QED) is 0.800. The predicted octanol–water partition coefficient (Wildman–Crippen LogP) is 3.69. The number of rotatable bonds is 3. The number of benzene rings is 1. The van der Waals surface area contributed by atoms with Crippen LogP contribution in [0, 0.1) is 0 Å². The van der Waals surface area contributed by atoms with Crippen molar-refractivity contribution in [3.63, 3.8) is 0 Å². The number of nitrogens with zero attached hydrogens (tertiary/aromatic N) is 2. The van der Waals surface area contributed by atoms with Crippen LogP contribution in [0.3, 0.4) is 0 Å². The fourth-order valence-corrected chi connectivity index (χ4v) is 3.40. The van der Waals surface area contributed by atoms with Gasteiger partial charge in [0.15, 0.2) is 0 Å². The number of hydrogen-bond donors (Lipinski definition) is 1. The lowest BCUT2D eigenvalue weighted by molar-refractivity contribution is 0.0711. The molecule has 24 heavy (non-hydrogen) atoms. The number of piperidine rings is 1. The van der Waals surface area contributed by atoms with Crippen LogP contribution < -0.4 is 0 Å². The molecule has 1 aliphatic rings. The molecule has 5 nitrogen and oxygen atoms in total. The molecule has 1 N–H and O–H groups in total. The third kappa shape index (κ3) is 2.73. The van der Waals surface area contributed by atoms with Gasteiger partial charge in [0.05, 0.1) is 18.0 Å². The maximum atomic E-state index is 12.4. The van der Waals surface area contributed by atoms with Crippen molar-refractivity contribution in [2.24, 2.45) is 0 Å². The van der Waals surface area contributed by atoms with Crippen molar-refractivity contribution in [2.45, 2.75) is 18.8 Å². The Balaban J connectivity index is 1.47. The normalized spacial score (nSPS) is 15.6. The molecule has 1 aromatic carbocycles. The Morgan fingerprint density at radius 3 is 2.67 bits per heavy atom. The van der Waals surface area contributed by atoms with Gasteiger partial charge in [-0.05, 0) is 24.5 Å². The number of furan rings is 1. The Kier molecular flexibility index (Phi) is 3.91. The zero-order chi connectivity index (χ0) is 16.4. The van der Waals surface area contributed by atoms with E-state index in [1.807, 2.05) is 29.3 Å². The van der Waals surface area contributed by atoms with Crippen molar-refractivity contribution in [2.75, 3.05) is 13.1 Å². The van der Waals surface area contributed by atoms with Crippen LogP contribution in [0.4, 0.5) is 0 Å². The van der Waals surface area contributed by atoms with Crippen LogP contribution in [-0.2, 0) is 0 Å². The van der Waals surface area contributed by atoms with E-state index in [1.54, 1.807) is 6.07 Å². The molecule has 0 radical (unpaired) electrons. The highest BCUT2D eigenvalue weighted by atomic mass is 16.3. The van der Waals surface area contributed by atoms with Crippen LogP contribution in [-0.4, -0.2) is 34.1 Å². The van der Waals surface area contributed by atoms with Crippen LogP contribution >= 0.6 is 0 Å². The highest BCUT2D eigenvalue weighted by Crippen LogP contribution is 2.34. The molecule has 0 unspecified atom stereocenters. The second-order valence-electron chi connectivity index (χ2n) is 6.14. The highest BCUT2D eigenvalue weighted by Gasteiger charge is 2.27. The number of carbonyl (C=O) groups excluding carboxylic acids is 1. The predicted molar refractivity (Wildman–Crippen MR) is 90.6 cm³/mol. The molecule has 5 heteroatoms. The third-order valence-electron chi connectivity index (χ3n) is 4.71. The van der Waals surface area contributed by atoms with Crippen LogP contribution in [0.1, 0.15) is 34.8 Å². The molecule has 0 spiro atoms. The van der Waals surface area contributed by atoms with E-state index in [4.69, 9.17) is 4.42 Å². The SMILES string of the molecule is O=C(c1ccoc1)N1CCC(c2[nH]ncc2-c2ccccc2)CC1. The molecule has 4 rings (SSSR count). The molecule has 1 fully saturated rings. The van der Waals surface area contributed by atoms with Gasteiger partial charge in [-0.15, -0.1) is 0 Å². The standard InChI is InChI=1S/C19H19N3O2/c23-19(16-8-11-24-13-16)22-9-6-15(7-10-22)18-17(12-20-21-18)14-4-2-1-3-5-14/h1-5,8,11-13,15H,6-7,9-10H2,(H,20,21). The summed E-state index contributed by atoms with van der Waals surface area (Å²) in [4.78, 5) is 14.3. The van der Waals surface area contributed by atoms with Gasteiger partial charge in [-0.3, -0.25) is 9.89 Å². The molecule has 0 atom stereocenters. The number of aromatic nitrogens is 2. The van der Waals surface area contributed by atoms with Gasteiger partial charge in [-0.2, -0.15) is 5.10 Å². The molecule has 122 valence electrons. The number of carbonyl (C=O) groups is 1. The van der Waals surface area contributed by atoms with E-state index in [1.165, 1.54) is 23.8 Å². The maximum absolute atomic E-state index is 12.4. The monoisotopic (exact) mass is 321 g/mol. The Bertz CT molecular complexity index is 800. The van der Waals surface area contributed by atoms with E-state index in [0.29, 0.717) is 11.5 Å². The Labute approximate surface area is 140 Å². The van der Waals surface area contributed by atoms with Gasteiger partial charge < -0.3 is 9.32 Å². The molecule has 3 aromatic rings. The minimum atomic E-state index is 0.0510. The Morgan fingerprint density at radius 2 is 1.96 bits per heavy atom. The van der Waals surface area contributed by atoms with Gasteiger partial charge in [0, 0.05) is 30.3 Å². The summed E-state index contributed by atoms with van der Waals surface area (Å²) in [5.41, 5.74) is 4.14. The topological polar surface area (TPSA) is 62.1 Å². The molecular weight excluding hydrogens is 302 g/mol. The smallest absolute Gasteiger partial charge is 0.257 e. The van der Waals surface area contributed by atoms with Crippen molar-refractivity contribution in [3.05, 3.63) is 66.4 Å². The van der Waals surface area contributed by atoms with E-state index in [0.717, 1.165) is 31.5 Å². The fraction of sp³-hybridized carbons (Fsp3) is 0.263. The summed E-state index contributed by atoms with van der Waals surface area (Å²) in [6.45, 7) is 1.50. The highest BCUT2D eigenvalue weighted by molar-refractivity contribution is 5.93. The first-order valence-electron chi connectivity index (χ1n) is 8.23. The molecule has 1 aliphatic heterocycles. The molecular formula is C19H19N3O2. The van der Waals surface area contributed by atoms with Crippen molar-refractivity contribution in [1.29, 1.82) is 0 Å². The number of likely N-dealkylation sites (tertiary alicyclic amines) is 1. The molecule has 2 aromatic heterocycles. The van der Waals surface area contributed by atoms with Crippen molar-refractivity contribution >= 4 is 5.91 Å². The molecule has 0 saturated carbocycles. The van der Waals surface area contributed by atoms with Gasteiger partial charge >= 0.3 is 0 Å². The van der Waals surface area contributed by atoms with Gasteiger partial charge in [0.25, 0.3) is 5.91 Å². The van der Waals surface area contributed by atoms with E-state index in [9.17, 15) is 4.79 Å². The number of aromatic amines is 1. The summed E-state index contributed by atoms with van der Waals surface area (Å²) in [7, 11) is 0. The minimum Gasteiger partial charge on any atom is -0.472 e. The number of hydrogen-bond acceptors (Lipinski definition) is 3. The van der Waals surface area contributed by atoms with E-state index < -0.39 is 0 Å².